The fraction of sp³-hybridized carbons (Fsp3) is 0.526. The fourth-order valence-corrected chi connectivity index (χ4v) is 3.32. The van der Waals surface area contributed by atoms with Crippen LogP contribution in [0.5, 0.6) is 0 Å². The third kappa shape index (κ3) is 4.65. The maximum absolute atomic E-state index is 12.9. The number of rotatable bonds is 4. The molecule has 130 valence electrons. The van der Waals surface area contributed by atoms with Crippen molar-refractivity contribution in [1.82, 2.24) is 9.80 Å². The van der Waals surface area contributed by atoms with E-state index in [4.69, 9.17) is 4.74 Å². The van der Waals surface area contributed by atoms with Gasteiger partial charge in [0.2, 0.25) is 5.91 Å². The molecule has 0 atom stereocenters. The topological polar surface area (TPSA) is 32.8 Å². The number of ether oxygens (including phenoxy) is 1. The van der Waals surface area contributed by atoms with Crippen molar-refractivity contribution in [3.8, 4) is 0 Å². The summed E-state index contributed by atoms with van der Waals surface area (Å²) in [5.74, 6) is 0.263. The van der Waals surface area contributed by atoms with Crippen molar-refractivity contribution in [3.05, 3.63) is 41.7 Å². The highest BCUT2D eigenvalue weighted by Crippen LogP contribution is 2.20. The first-order valence-electron chi connectivity index (χ1n) is 8.73. The molecule has 5 heteroatoms. The van der Waals surface area contributed by atoms with Crippen molar-refractivity contribution in [2.24, 2.45) is 5.92 Å². The summed E-state index contributed by atoms with van der Waals surface area (Å²) in [4.78, 5) is 16.8. The summed E-state index contributed by atoms with van der Waals surface area (Å²) in [6.45, 7) is 5.58. The molecular formula is C19H25FN2O2. The van der Waals surface area contributed by atoms with Gasteiger partial charge in [-0.05, 0) is 43.6 Å². The second-order valence-corrected chi connectivity index (χ2v) is 6.47. The van der Waals surface area contributed by atoms with Crippen LogP contribution in [0.4, 0.5) is 4.39 Å². The standard InChI is InChI=1S/C19H25FN2O2/c20-18-5-3-16(4-6-18)2-1-9-21-10-7-17(8-11-21)19(23)22-12-14-24-15-13-22/h1-6,17H,7-15H2. The van der Waals surface area contributed by atoms with E-state index in [1.807, 2.05) is 11.0 Å². The number of hydrogen-bond donors (Lipinski definition) is 0. The van der Waals surface area contributed by atoms with E-state index in [9.17, 15) is 9.18 Å². The van der Waals surface area contributed by atoms with E-state index in [1.54, 1.807) is 12.1 Å². The molecule has 1 amide bonds. The summed E-state index contributed by atoms with van der Waals surface area (Å²) in [5.41, 5.74) is 1.01. The zero-order valence-corrected chi connectivity index (χ0v) is 14.0. The molecular weight excluding hydrogens is 307 g/mol. The molecule has 2 aliphatic heterocycles. The largest absolute Gasteiger partial charge is 0.378 e. The van der Waals surface area contributed by atoms with Crippen molar-refractivity contribution < 1.29 is 13.9 Å². The van der Waals surface area contributed by atoms with Crippen LogP contribution < -0.4 is 0 Å². The predicted octanol–water partition coefficient (Wildman–Crippen LogP) is 2.41. The lowest BCUT2D eigenvalue weighted by molar-refractivity contribution is -0.141. The molecule has 2 fully saturated rings. The van der Waals surface area contributed by atoms with E-state index in [0.717, 1.165) is 51.1 Å². The molecule has 2 saturated heterocycles. The van der Waals surface area contributed by atoms with E-state index in [0.29, 0.717) is 19.1 Å². The number of carbonyl (C=O) groups excluding carboxylic acids is 1. The van der Waals surface area contributed by atoms with Crippen molar-refractivity contribution in [2.45, 2.75) is 12.8 Å². The Kier molecular flexibility index (Phi) is 5.99. The van der Waals surface area contributed by atoms with E-state index in [-0.39, 0.29) is 11.7 Å². The van der Waals surface area contributed by atoms with Crippen molar-refractivity contribution in [3.63, 3.8) is 0 Å². The number of morpholine rings is 1. The summed E-state index contributed by atoms with van der Waals surface area (Å²) < 4.78 is 18.2. The number of piperidine rings is 1. The first-order chi connectivity index (χ1) is 11.7. The summed E-state index contributed by atoms with van der Waals surface area (Å²) in [6, 6.07) is 6.50. The maximum Gasteiger partial charge on any atom is 0.225 e. The zero-order chi connectivity index (χ0) is 16.8. The average molecular weight is 332 g/mol. The first-order valence-corrected chi connectivity index (χ1v) is 8.73. The van der Waals surface area contributed by atoms with Crippen LogP contribution in [-0.4, -0.2) is 61.6 Å². The molecule has 0 saturated carbocycles. The predicted molar refractivity (Wildman–Crippen MR) is 92.0 cm³/mol. The number of nitrogens with zero attached hydrogens (tertiary/aromatic N) is 2. The third-order valence-corrected chi connectivity index (χ3v) is 4.80. The lowest BCUT2D eigenvalue weighted by Gasteiger charge is -2.35. The third-order valence-electron chi connectivity index (χ3n) is 4.80. The monoisotopic (exact) mass is 332 g/mol. The Hall–Kier alpha value is -1.72. The molecule has 2 heterocycles. The zero-order valence-electron chi connectivity index (χ0n) is 14.0. The van der Waals surface area contributed by atoms with Crippen LogP contribution in [0.3, 0.4) is 0 Å². The lowest BCUT2D eigenvalue weighted by atomic mass is 9.95. The minimum Gasteiger partial charge on any atom is -0.378 e. The molecule has 0 bridgehead atoms. The second kappa shape index (κ2) is 8.40. The van der Waals surface area contributed by atoms with Gasteiger partial charge >= 0.3 is 0 Å². The van der Waals surface area contributed by atoms with Crippen LogP contribution in [0, 0.1) is 11.7 Å². The molecule has 1 aromatic carbocycles. The van der Waals surface area contributed by atoms with E-state index in [2.05, 4.69) is 11.0 Å². The summed E-state index contributed by atoms with van der Waals surface area (Å²) in [7, 11) is 0. The summed E-state index contributed by atoms with van der Waals surface area (Å²) in [6.07, 6.45) is 5.99. The van der Waals surface area contributed by atoms with Crippen LogP contribution in [-0.2, 0) is 9.53 Å². The molecule has 0 unspecified atom stereocenters. The van der Waals surface area contributed by atoms with Crippen LogP contribution in [0.1, 0.15) is 18.4 Å². The van der Waals surface area contributed by atoms with E-state index < -0.39 is 0 Å². The summed E-state index contributed by atoms with van der Waals surface area (Å²) in [5, 5.41) is 0. The molecule has 0 N–H and O–H groups in total. The number of carbonyl (C=O) groups is 1. The minimum atomic E-state index is -0.209. The normalized spacial score (nSPS) is 20.6. The Morgan fingerprint density at radius 3 is 2.46 bits per heavy atom. The van der Waals surface area contributed by atoms with Gasteiger partial charge in [0.1, 0.15) is 5.82 Å². The van der Waals surface area contributed by atoms with Crippen LogP contribution >= 0.6 is 0 Å². The highest BCUT2D eigenvalue weighted by atomic mass is 19.1. The second-order valence-electron chi connectivity index (χ2n) is 6.47. The van der Waals surface area contributed by atoms with Gasteiger partial charge in [-0.25, -0.2) is 4.39 Å². The van der Waals surface area contributed by atoms with Crippen molar-refractivity contribution >= 4 is 12.0 Å². The number of halogens is 1. The number of amides is 1. The Morgan fingerprint density at radius 1 is 1.12 bits per heavy atom. The molecule has 0 radical (unpaired) electrons. The quantitative estimate of drug-likeness (QED) is 0.849. The van der Waals surface area contributed by atoms with Gasteiger partial charge < -0.3 is 9.64 Å². The fourth-order valence-electron chi connectivity index (χ4n) is 3.32. The van der Waals surface area contributed by atoms with Gasteiger partial charge in [-0.2, -0.15) is 0 Å². The lowest BCUT2D eigenvalue weighted by Crippen LogP contribution is -2.46. The molecule has 4 nitrogen and oxygen atoms in total. The highest BCUT2D eigenvalue weighted by Gasteiger charge is 2.28. The van der Waals surface area contributed by atoms with Crippen LogP contribution in [0.2, 0.25) is 0 Å². The van der Waals surface area contributed by atoms with Crippen molar-refractivity contribution in [2.75, 3.05) is 45.9 Å². The number of benzene rings is 1. The maximum atomic E-state index is 12.9. The average Bonchev–Trinajstić information content (AvgIpc) is 2.64. The van der Waals surface area contributed by atoms with Gasteiger partial charge in [-0.3, -0.25) is 9.69 Å². The molecule has 3 rings (SSSR count). The number of likely N-dealkylation sites (tertiary alicyclic amines) is 1. The molecule has 24 heavy (non-hydrogen) atoms. The molecule has 0 aromatic heterocycles. The van der Waals surface area contributed by atoms with Gasteiger partial charge in [-0.1, -0.05) is 24.3 Å². The first kappa shape index (κ1) is 17.1. The van der Waals surface area contributed by atoms with Crippen LogP contribution in [0.25, 0.3) is 6.08 Å². The smallest absolute Gasteiger partial charge is 0.225 e. The highest BCUT2D eigenvalue weighted by molar-refractivity contribution is 5.79. The molecule has 0 spiro atoms. The molecule has 2 aliphatic rings. The minimum absolute atomic E-state index is 0.167. The molecule has 0 aliphatic carbocycles. The Bertz CT molecular complexity index is 559. The molecule has 1 aromatic rings. The SMILES string of the molecule is O=C(C1CCN(CC=Cc2ccc(F)cc2)CC1)N1CCOCC1. The van der Waals surface area contributed by atoms with Gasteiger partial charge in [0.05, 0.1) is 13.2 Å². The van der Waals surface area contributed by atoms with Gasteiger partial charge in [0.25, 0.3) is 0 Å². The Morgan fingerprint density at radius 2 is 1.79 bits per heavy atom. The van der Waals surface area contributed by atoms with Gasteiger partial charge in [-0.15, -0.1) is 0 Å². The Labute approximate surface area is 142 Å². The van der Waals surface area contributed by atoms with E-state index >= 15 is 0 Å². The summed E-state index contributed by atoms with van der Waals surface area (Å²) >= 11 is 0. The van der Waals surface area contributed by atoms with Crippen LogP contribution in [0.15, 0.2) is 30.3 Å². The van der Waals surface area contributed by atoms with Crippen molar-refractivity contribution in [1.29, 1.82) is 0 Å². The Balaban J connectivity index is 1.41. The number of hydrogen-bond acceptors (Lipinski definition) is 3. The van der Waals surface area contributed by atoms with Gasteiger partial charge in [0, 0.05) is 25.6 Å². The van der Waals surface area contributed by atoms with Gasteiger partial charge in [0.15, 0.2) is 0 Å². The van der Waals surface area contributed by atoms with E-state index in [1.165, 1.54) is 12.1 Å².